The van der Waals surface area contributed by atoms with Gasteiger partial charge in [-0.15, -0.1) is 0 Å². The van der Waals surface area contributed by atoms with Gasteiger partial charge < -0.3 is 19.4 Å². The van der Waals surface area contributed by atoms with Crippen LogP contribution in [0.15, 0.2) is 53.3 Å². The van der Waals surface area contributed by atoms with Gasteiger partial charge in [-0.05, 0) is 36.6 Å². The molecule has 0 fully saturated rings. The van der Waals surface area contributed by atoms with Gasteiger partial charge in [0.15, 0.2) is 11.5 Å². The van der Waals surface area contributed by atoms with Gasteiger partial charge >= 0.3 is 4.87 Å². The van der Waals surface area contributed by atoms with Crippen molar-refractivity contribution in [1.29, 1.82) is 0 Å². The van der Waals surface area contributed by atoms with Crippen molar-refractivity contribution in [1.82, 2.24) is 9.88 Å². The van der Waals surface area contributed by atoms with E-state index >= 15 is 0 Å². The van der Waals surface area contributed by atoms with Gasteiger partial charge in [0.25, 0.3) is 5.91 Å². The summed E-state index contributed by atoms with van der Waals surface area (Å²) in [7, 11) is 0. The summed E-state index contributed by atoms with van der Waals surface area (Å²) in [6.45, 7) is 3.79. The zero-order valence-corrected chi connectivity index (χ0v) is 17.0. The fourth-order valence-electron chi connectivity index (χ4n) is 3.29. The molecule has 0 spiro atoms. The molecule has 2 aromatic carbocycles. The number of rotatable bonds is 6. The first-order chi connectivity index (χ1) is 14.1. The molecule has 0 saturated heterocycles. The van der Waals surface area contributed by atoms with Crippen LogP contribution < -0.4 is 19.7 Å². The molecule has 1 aliphatic heterocycles. The summed E-state index contributed by atoms with van der Waals surface area (Å²) in [5.41, 5.74) is 2.78. The van der Waals surface area contributed by atoms with E-state index in [2.05, 4.69) is 5.32 Å². The smallest absolute Gasteiger partial charge is 0.308 e. The number of ether oxygens (including phenoxy) is 2. The number of nitrogens with one attached hydrogen (secondary N) is 1. The maximum atomic E-state index is 12.7. The Bertz CT molecular complexity index is 1070. The number of fused-ring (bicyclic) bond motifs is 1. The minimum atomic E-state index is -0.238. The lowest BCUT2D eigenvalue weighted by Crippen LogP contribution is -2.23. The molecule has 150 valence electrons. The molecule has 0 aliphatic carbocycles. The zero-order chi connectivity index (χ0) is 20.2. The van der Waals surface area contributed by atoms with Crippen molar-refractivity contribution in [2.75, 3.05) is 13.2 Å². The summed E-state index contributed by atoms with van der Waals surface area (Å²) in [5.74, 6) is 1.17. The molecule has 0 atom stereocenters. The third-order valence-electron chi connectivity index (χ3n) is 4.88. The van der Waals surface area contributed by atoms with E-state index in [0.717, 1.165) is 34.6 Å². The van der Waals surface area contributed by atoms with Crippen molar-refractivity contribution < 1.29 is 14.3 Å². The molecule has 3 aromatic rings. The number of hydrogen-bond donors (Lipinski definition) is 1. The molecule has 0 bridgehead atoms. The Kier molecular flexibility index (Phi) is 5.67. The predicted octanol–water partition coefficient (Wildman–Crippen LogP) is 3.16. The third-order valence-corrected chi connectivity index (χ3v) is 5.96. The van der Waals surface area contributed by atoms with Crippen LogP contribution in [0.4, 0.5) is 0 Å². The van der Waals surface area contributed by atoms with Crippen LogP contribution in [-0.2, 0) is 19.5 Å². The van der Waals surface area contributed by atoms with Crippen molar-refractivity contribution in [2.24, 2.45) is 0 Å². The molecule has 29 heavy (non-hydrogen) atoms. The first-order valence-corrected chi connectivity index (χ1v) is 10.3. The van der Waals surface area contributed by atoms with Crippen LogP contribution in [-0.4, -0.2) is 23.7 Å². The third kappa shape index (κ3) is 4.35. The molecule has 4 rings (SSSR count). The Morgan fingerprint density at radius 3 is 2.62 bits per heavy atom. The first kappa shape index (κ1) is 19.3. The normalized spacial score (nSPS) is 12.6. The van der Waals surface area contributed by atoms with Crippen molar-refractivity contribution in [3.8, 4) is 11.5 Å². The van der Waals surface area contributed by atoms with Crippen LogP contribution in [0.5, 0.6) is 11.5 Å². The summed E-state index contributed by atoms with van der Waals surface area (Å²) in [6.07, 6.45) is 0.747. The Hall–Kier alpha value is -3.06. The zero-order valence-electron chi connectivity index (χ0n) is 16.1. The van der Waals surface area contributed by atoms with Crippen LogP contribution in [0.3, 0.4) is 0 Å². The highest BCUT2D eigenvalue weighted by atomic mass is 32.1. The minimum Gasteiger partial charge on any atom is -0.486 e. The Labute approximate surface area is 172 Å². The summed E-state index contributed by atoms with van der Waals surface area (Å²) in [5, 5.41) is 2.90. The summed E-state index contributed by atoms with van der Waals surface area (Å²) in [6, 6.07) is 15.6. The monoisotopic (exact) mass is 410 g/mol. The largest absolute Gasteiger partial charge is 0.486 e. The number of nitrogens with zero attached hydrogens (tertiary/aromatic N) is 1. The second-order valence-corrected chi connectivity index (χ2v) is 7.79. The van der Waals surface area contributed by atoms with Crippen molar-refractivity contribution >= 4 is 17.2 Å². The Balaban J connectivity index is 1.42. The maximum absolute atomic E-state index is 12.7. The fraction of sp³-hybridized carbons (Fsp3) is 0.273. The second kappa shape index (κ2) is 8.53. The number of carbonyl (C=O) groups is 1. The summed E-state index contributed by atoms with van der Waals surface area (Å²) in [4.78, 5) is 25.4. The highest BCUT2D eigenvalue weighted by Gasteiger charge is 2.18. The molecule has 1 aromatic heterocycles. The van der Waals surface area contributed by atoms with E-state index in [1.807, 2.05) is 55.5 Å². The van der Waals surface area contributed by atoms with Gasteiger partial charge in [0.1, 0.15) is 18.1 Å². The van der Waals surface area contributed by atoms with E-state index in [4.69, 9.17) is 9.47 Å². The van der Waals surface area contributed by atoms with E-state index in [9.17, 15) is 9.59 Å². The maximum Gasteiger partial charge on any atom is 0.308 e. The van der Waals surface area contributed by atoms with Crippen molar-refractivity contribution in [3.05, 3.63) is 79.9 Å². The average Bonchev–Trinajstić information content (AvgIpc) is 3.04. The predicted molar refractivity (Wildman–Crippen MR) is 112 cm³/mol. The van der Waals surface area contributed by atoms with Crippen molar-refractivity contribution in [2.45, 2.75) is 26.4 Å². The van der Waals surface area contributed by atoms with E-state index in [1.54, 1.807) is 4.57 Å². The van der Waals surface area contributed by atoms with Gasteiger partial charge in [-0.25, -0.2) is 0 Å². The summed E-state index contributed by atoms with van der Waals surface area (Å²) >= 11 is 0.993. The lowest BCUT2D eigenvalue weighted by atomic mass is 10.1. The van der Waals surface area contributed by atoms with E-state index < -0.39 is 0 Å². The molecular formula is C22H22N2O4S. The Morgan fingerprint density at radius 2 is 1.83 bits per heavy atom. The molecule has 7 heteroatoms. The molecule has 2 heterocycles. The van der Waals surface area contributed by atoms with E-state index in [0.29, 0.717) is 42.6 Å². The van der Waals surface area contributed by atoms with Gasteiger partial charge in [-0.3, -0.25) is 9.59 Å². The molecule has 0 saturated carbocycles. The molecule has 1 amide bonds. The number of carbonyl (C=O) groups excluding carboxylic acids is 1. The van der Waals surface area contributed by atoms with Crippen molar-refractivity contribution in [3.63, 3.8) is 0 Å². The quantitative estimate of drug-likeness (QED) is 0.678. The first-order valence-electron chi connectivity index (χ1n) is 9.52. The molecule has 1 N–H and O–H groups in total. The lowest BCUT2D eigenvalue weighted by Gasteiger charge is -2.18. The number of amides is 1. The summed E-state index contributed by atoms with van der Waals surface area (Å²) < 4.78 is 12.8. The number of thiazole rings is 1. The van der Waals surface area contributed by atoms with E-state index in [1.165, 1.54) is 0 Å². The van der Waals surface area contributed by atoms with Gasteiger partial charge in [0.05, 0.1) is 0 Å². The topological polar surface area (TPSA) is 69.6 Å². The van der Waals surface area contributed by atoms with Crippen LogP contribution in [0, 0.1) is 6.92 Å². The number of aromatic nitrogens is 1. The van der Waals surface area contributed by atoms with E-state index in [-0.39, 0.29) is 10.8 Å². The van der Waals surface area contributed by atoms with Gasteiger partial charge in [-0.1, -0.05) is 47.7 Å². The Morgan fingerprint density at radius 1 is 1.07 bits per heavy atom. The lowest BCUT2D eigenvalue weighted by molar-refractivity contribution is 0.0953. The minimum absolute atomic E-state index is 0.108. The van der Waals surface area contributed by atoms with Gasteiger partial charge in [0.2, 0.25) is 0 Å². The van der Waals surface area contributed by atoms with Crippen LogP contribution >= 0.6 is 11.3 Å². The highest BCUT2D eigenvalue weighted by Crippen LogP contribution is 2.30. The molecule has 1 aliphatic rings. The second-order valence-electron chi connectivity index (χ2n) is 6.83. The highest BCUT2D eigenvalue weighted by molar-refractivity contribution is 7.11. The van der Waals surface area contributed by atoms with Crippen LogP contribution in [0.1, 0.15) is 26.5 Å². The molecular weight excluding hydrogens is 388 g/mol. The molecule has 6 nitrogen and oxygen atoms in total. The number of hydrogen-bond acceptors (Lipinski definition) is 5. The standard InChI is InChI=1S/C22H22N2O4S/c1-15-20(29-22(26)24(15)10-9-16-5-3-2-4-6-16)21(25)23-14-17-7-8-18-19(13-17)28-12-11-27-18/h2-8,13H,9-12,14H2,1H3,(H,23,25). The van der Waals surface area contributed by atoms with Gasteiger partial charge in [0, 0.05) is 18.8 Å². The molecule has 0 radical (unpaired) electrons. The average molecular weight is 410 g/mol. The number of benzene rings is 2. The number of aryl methyl sites for hydroxylation is 1. The fourth-order valence-corrected chi connectivity index (χ4v) is 4.23. The van der Waals surface area contributed by atoms with Crippen LogP contribution in [0.25, 0.3) is 0 Å². The van der Waals surface area contributed by atoms with Crippen LogP contribution in [0.2, 0.25) is 0 Å². The SMILES string of the molecule is Cc1c(C(=O)NCc2ccc3c(c2)OCCO3)sc(=O)n1CCc1ccccc1. The molecule has 0 unspecified atom stereocenters. The van der Waals surface area contributed by atoms with Gasteiger partial charge in [-0.2, -0.15) is 0 Å².